The van der Waals surface area contributed by atoms with Gasteiger partial charge in [-0.3, -0.25) is 9.59 Å². The zero-order chi connectivity index (χ0) is 25.1. The number of rotatable bonds is 6. The first-order chi connectivity index (χ1) is 16.8. The Balaban J connectivity index is 1.66. The summed E-state index contributed by atoms with van der Waals surface area (Å²) in [6.07, 6.45) is -1.000. The summed E-state index contributed by atoms with van der Waals surface area (Å²) >= 11 is 0. The normalized spacial score (nSPS) is 16.1. The highest BCUT2D eigenvalue weighted by molar-refractivity contribution is 6.20. The van der Waals surface area contributed by atoms with Gasteiger partial charge in [0.1, 0.15) is 5.75 Å². The molecule has 2 atom stereocenters. The third-order valence-corrected chi connectivity index (χ3v) is 5.94. The molecule has 0 fully saturated rings. The van der Waals surface area contributed by atoms with E-state index in [2.05, 4.69) is 10.3 Å². The number of methoxy groups -OCH3 is 1. The minimum Gasteiger partial charge on any atom is -0.497 e. The number of nitrogens with zero attached hydrogens (tertiary/aromatic N) is 2. The predicted molar refractivity (Wildman–Crippen MR) is 130 cm³/mol. The standard InChI is InChI=1S/C27H25F2N3O3/c1-16(13-17-11-12-21(28)22(29)14-17)26(33)31-25-27(34)32(2)23-10-5-4-9-20(23)24(30-25)18-7-6-8-19(15-18)35-3/h4-12,14-16,25H,13H2,1-3H3,(H,31,33)/t16-,25?/m1/s1. The van der Waals surface area contributed by atoms with Crippen LogP contribution in [0.1, 0.15) is 23.6 Å². The maximum Gasteiger partial charge on any atom is 0.272 e. The van der Waals surface area contributed by atoms with Crippen LogP contribution < -0.4 is 15.0 Å². The maximum atomic E-state index is 13.6. The molecule has 4 rings (SSSR count). The number of benzodiazepines with no additional fused rings is 1. The van der Waals surface area contributed by atoms with Crippen molar-refractivity contribution in [1.82, 2.24) is 5.32 Å². The number of hydrogen-bond acceptors (Lipinski definition) is 4. The number of likely N-dealkylation sites (N-methyl/N-ethyl adjacent to an activating group) is 1. The predicted octanol–water partition coefficient (Wildman–Crippen LogP) is 4.11. The van der Waals surface area contributed by atoms with Gasteiger partial charge in [0.05, 0.1) is 18.5 Å². The molecule has 6 nitrogen and oxygen atoms in total. The second-order valence-electron chi connectivity index (χ2n) is 8.39. The van der Waals surface area contributed by atoms with Gasteiger partial charge in [0.15, 0.2) is 11.6 Å². The Kier molecular flexibility index (Phi) is 6.91. The largest absolute Gasteiger partial charge is 0.497 e. The van der Waals surface area contributed by atoms with Crippen molar-refractivity contribution >= 4 is 23.2 Å². The van der Waals surface area contributed by atoms with Crippen LogP contribution in [0.5, 0.6) is 5.75 Å². The van der Waals surface area contributed by atoms with Gasteiger partial charge < -0.3 is 15.0 Å². The van der Waals surface area contributed by atoms with Gasteiger partial charge in [0.2, 0.25) is 12.1 Å². The average Bonchev–Trinajstić information content (AvgIpc) is 2.97. The number of aliphatic imine (C=N–C) groups is 1. The molecule has 0 spiro atoms. The van der Waals surface area contributed by atoms with Crippen LogP contribution in [-0.4, -0.2) is 37.8 Å². The van der Waals surface area contributed by atoms with Crippen molar-refractivity contribution in [2.45, 2.75) is 19.5 Å². The molecule has 3 aromatic carbocycles. The molecule has 1 heterocycles. The first-order valence-corrected chi connectivity index (χ1v) is 11.1. The summed E-state index contributed by atoms with van der Waals surface area (Å²) in [4.78, 5) is 32.5. The van der Waals surface area contributed by atoms with Crippen LogP contribution in [0.4, 0.5) is 14.5 Å². The van der Waals surface area contributed by atoms with Gasteiger partial charge >= 0.3 is 0 Å². The highest BCUT2D eigenvalue weighted by atomic mass is 19.2. The summed E-state index contributed by atoms with van der Waals surface area (Å²) in [5, 5.41) is 2.73. The molecule has 1 unspecified atom stereocenters. The third-order valence-electron chi connectivity index (χ3n) is 5.94. The third kappa shape index (κ3) is 5.06. The lowest BCUT2D eigenvalue weighted by atomic mass is 10.00. The van der Waals surface area contributed by atoms with Crippen molar-refractivity contribution in [2.24, 2.45) is 10.9 Å². The van der Waals surface area contributed by atoms with Crippen LogP contribution in [0.15, 0.2) is 71.7 Å². The van der Waals surface area contributed by atoms with Gasteiger partial charge in [0.25, 0.3) is 5.91 Å². The fourth-order valence-corrected chi connectivity index (χ4v) is 4.01. The van der Waals surface area contributed by atoms with Crippen molar-refractivity contribution in [3.63, 3.8) is 0 Å². The van der Waals surface area contributed by atoms with Crippen molar-refractivity contribution in [3.05, 3.63) is 95.1 Å². The van der Waals surface area contributed by atoms with E-state index in [1.54, 1.807) is 21.1 Å². The summed E-state index contributed by atoms with van der Waals surface area (Å²) in [7, 11) is 3.20. The topological polar surface area (TPSA) is 71.0 Å². The van der Waals surface area contributed by atoms with E-state index in [0.717, 1.165) is 23.3 Å². The summed E-state index contributed by atoms with van der Waals surface area (Å²) in [5.74, 6) is -2.73. The lowest BCUT2D eigenvalue weighted by Crippen LogP contribution is -2.47. The van der Waals surface area contributed by atoms with E-state index in [9.17, 15) is 18.4 Å². The first kappa shape index (κ1) is 24.1. The molecule has 0 saturated heterocycles. The number of hydrogen-bond donors (Lipinski definition) is 1. The van der Waals surface area contributed by atoms with Crippen molar-refractivity contribution < 1.29 is 23.1 Å². The zero-order valence-electron chi connectivity index (χ0n) is 19.6. The number of carbonyl (C=O) groups excluding carboxylic acids is 2. The van der Waals surface area contributed by atoms with Gasteiger partial charge in [-0.05, 0) is 42.3 Å². The quantitative estimate of drug-likeness (QED) is 0.581. The summed E-state index contributed by atoms with van der Waals surface area (Å²) in [6, 6.07) is 18.2. The molecule has 180 valence electrons. The summed E-state index contributed by atoms with van der Waals surface area (Å²) < 4.78 is 32.2. The molecule has 35 heavy (non-hydrogen) atoms. The Morgan fingerprint density at radius 3 is 2.60 bits per heavy atom. The van der Waals surface area contributed by atoms with E-state index in [0.29, 0.717) is 22.7 Å². The van der Waals surface area contributed by atoms with Crippen molar-refractivity contribution in [2.75, 3.05) is 19.1 Å². The smallest absolute Gasteiger partial charge is 0.272 e. The Hall–Kier alpha value is -4.07. The van der Waals surface area contributed by atoms with Crippen LogP contribution in [-0.2, 0) is 16.0 Å². The summed E-state index contributed by atoms with van der Waals surface area (Å²) in [6.45, 7) is 1.66. The minimum atomic E-state index is -1.17. The number of fused-ring (bicyclic) bond motifs is 1. The highest BCUT2D eigenvalue weighted by Gasteiger charge is 2.32. The molecule has 1 aliphatic heterocycles. The van der Waals surface area contributed by atoms with Gasteiger partial charge in [-0.2, -0.15) is 0 Å². The van der Waals surface area contributed by atoms with Gasteiger partial charge in [-0.15, -0.1) is 0 Å². The minimum absolute atomic E-state index is 0.173. The van der Waals surface area contributed by atoms with Crippen molar-refractivity contribution in [1.29, 1.82) is 0 Å². The van der Waals surface area contributed by atoms with E-state index < -0.39 is 35.5 Å². The second kappa shape index (κ2) is 10.0. The summed E-state index contributed by atoms with van der Waals surface area (Å²) in [5.41, 5.74) is 3.14. The molecule has 8 heteroatoms. The fraction of sp³-hybridized carbons (Fsp3) is 0.222. The molecule has 0 bridgehead atoms. The Bertz CT molecular complexity index is 1310. The number of anilines is 1. The van der Waals surface area contributed by atoms with Crippen LogP contribution in [0, 0.1) is 17.6 Å². The van der Waals surface area contributed by atoms with E-state index in [4.69, 9.17) is 4.74 Å². The van der Waals surface area contributed by atoms with Crippen LogP contribution in [0.2, 0.25) is 0 Å². The molecule has 3 aromatic rings. The van der Waals surface area contributed by atoms with E-state index in [1.165, 1.54) is 11.0 Å². The molecule has 0 aromatic heterocycles. The molecular formula is C27H25F2N3O3. The van der Waals surface area contributed by atoms with Gasteiger partial charge in [0, 0.05) is 24.1 Å². The number of amides is 2. The van der Waals surface area contributed by atoms with Gasteiger partial charge in [-0.25, -0.2) is 13.8 Å². The molecule has 0 radical (unpaired) electrons. The Labute approximate surface area is 202 Å². The number of benzene rings is 3. The van der Waals surface area contributed by atoms with Crippen molar-refractivity contribution in [3.8, 4) is 5.75 Å². The molecule has 1 N–H and O–H groups in total. The lowest BCUT2D eigenvalue weighted by Gasteiger charge is -2.22. The number of ether oxygens (including phenoxy) is 1. The van der Waals surface area contributed by atoms with Crippen LogP contribution >= 0.6 is 0 Å². The lowest BCUT2D eigenvalue weighted by molar-refractivity contribution is -0.129. The van der Waals surface area contributed by atoms with E-state index in [-0.39, 0.29) is 6.42 Å². The Morgan fingerprint density at radius 2 is 1.86 bits per heavy atom. The zero-order valence-corrected chi connectivity index (χ0v) is 19.6. The SMILES string of the molecule is COc1cccc(C2=NC(NC(=O)[C@H](C)Cc3ccc(F)c(F)c3)C(=O)N(C)c3ccccc32)c1. The van der Waals surface area contributed by atoms with E-state index in [1.807, 2.05) is 48.5 Å². The van der Waals surface area contributed by atoms with E-state index >= 15 is 0 Å². The molecule has 1 aliphatic rings. The molecule has 2 amide bonds. The average molecular weight is 478 g/mol. The molecule has 0 aliphatic carbocycles. The number of carbonyl (C=O) groups is 2. The molecule has 0 saturated carbocycles. The highest BCUT2D eigenvalue weighted by Crippen LogP contribution is 2.28. The number of nitrogens with one attached hydrogen (secondary N) is 1. The van der Waals surface area contributed by atoms with Crippen LogP contribution in [0.3, 0.4) is 0 Å². The molecular weight excluding hydrogens is 452 g/mol. The van der Waals surface area contributed by atoms with Crippen LogP contribution in [0.25, 0.3) is 0 Å². The monoisotopic (exact) mass is 477 g/mol. The second-order valence-corrected chi connectivity index (χ2v) is 8.39. The Morgan fingerprint density at radius 1 is 1.09 bits per heavy atom. The fourth-order valence-electron chi connectivity index (χ4n) is 4.01. The number of halogens is 2. The number of para-hydroxylation sites is 1. The van der Waals surface area contributed by atoms with Gasteiger partial charge in [-0.1, -0.05) is 43.3 Å². The first-order valence-electron chi connectivity index (χ1n) is 11.1. The maximum absolute atomic E-state index is 13.6.